The maximum atomic E-state index is 11.2. The molecule has 0 saturated carbocycles. The lowest BCUT2D eigenvalue weighted by Crippen LogP contribution is -2.36. The summed E-state index contributed by atoms with van der Waals surface area (Å²) in [4.78, 5) is 0. The molecule has 2 aliphatic rings. The highest BCUT2D eigenvalue weighted by molar-refractivity contribution is 7.94. The van der Waals surface area contributed by atoms with Crippen LogP contribution < -0.4 is 5.32 Å². The molecule has 0 amide bonds. The fourth-order valence-electron chi connectivity index (χ4n) is 2.54. The minimum atomic E-state index is -2.94. The first kappa shape index (κ1) is 11.0. The zero-order chi connectivity index (χ0) is 11.9. The van der Waals surface area contributed by atoms with Crippen LogP contribution in [0.2, 0.25) is 0 Å². The van der Waals surface area contributed by atoms with Crippen molar-refractivity contribution in [3.05, 3.63) is 46.9 Å². The van der Waals surface area contributed by atoms with Gasteiger partial charge in [-0.1, -0.05) is 30.3 Å². The highest BCUT2D eigenvalue weighted by Gasteiger charge is 2.27. The second-order valence-electron chi connectivity index (χ2n) is 4.77. The van der Waals surface area contributed by atoms with E-state index in [1.165, 1.54) is 16.5 Å². The van der Waals surface area contributed by atoms with E-state index in [9.17, 15) is 8.42 Å². The molecule has 3 rings (SSSR count). The fraction of sp³-hybridized carbons (Fsp3) is 0.385. The standard InChI is InChI=1S/C13H15NO2S/c15-17(16)6-5-12(9-17)14-8-11-7-10-3-1-2-4-13(10)11/h1-6,11-12,14H,7-9H2. The summed E-state index contributed by atoms with van der Waals surface area (Å²) in [5.41, 5.74) is 2.83. The molecule has 1 heterocycles. The molecule has 1 aliphatic heterocycles. The SMILES string of the molecule is O=S1(=O)C=CC(NCC2Cc3ccccc32)C1. The van der Waals surface area contributed by atoms with Crippen LogP contribution in [0, 0.1) is 0 Å². The number of nitrogens with one attached hydrogen (secondary N) is 1. The van der Waals surface area contributed by atoms with Crippen molar-refractivity contribution in [3.8, 4) is 0 Å². The van der Waals surface area contributed by atoms with Crippen LogP contribution in [0.15, 0.2) is 35.7 Å². The van der Waals surface area contributed by atoms with Gasteiger partial charge in [0.05, 0.1) is 5.75 Å². The summed E-state index contributed by atoms with van der Waals surface area (Å²) in [6.07, 6.45) is 2.85. The first-order valence-corrected chi connectivity index (χ1v) is 7.58. The number of sulfone groups is 1. The largest absolute Gasteiger partial charge is 0.309 e. The van der Waals surface area contributed by atoms with Crippen LogP contribution in [0.25, 0.3) is 0 Å². The molecule has 2 unspecified atom stereocenters. The fourth-order valence-corrected chi connectivity index (χ4v) is 3.81. The van der Waals surface area contributed by atoms with Crippen molar-refractivity contribution < 1.29 is 8.42 Å². The summed E-state index contributed by atoms with van der Waals surface area (Å²) >= 11 is 0. The first-order chi connectivity index (χ1) is 8.14. The molecule has 1 aromatic rings. The van der Waals surface area contributed by atoms with Crippen molar-refractivity contribution in [2.45, 2.75) is 18.4 Å². The average Bonchev–Trinajstić information content (AvgIpc) is 2.60. The number of rotatable bonds is 3. The summed E-state index contributed by atoms with van der Waals surface area (Å²) in [6, 6.07) is 8.44. The van der Waals surface area contributed by atoms with Gasteiger partial charge in [0.2, 0.25) is 0 Å². The van der Waals surface area contributed by atoms with Crippen LogP contribution in [-0.2, 0) is 16.3 Å². The predicted octanol–water partition coefficient (Wildman–Crippen LogP) is 1.23. The highest BCUT2D eigenvalue weighted by atomic mass is 32.2. The van der Waals surface area contributed by atoms with Gasteiger partial charge in [-0.25, -0.2) is 8.42 Å². The van der Waals surface area contributed by atoms with Crippen molar-refractivity contribution in [1.82, 2.24) is 5.32 Å². The van der Waals surface area contributed by atoms with Gasteiger partial charge in [0.25, 0.3) is 0 Å². The van der Waals surface area contributed by atoms with E-state index in [4.69, 9.17) is 0 Å². The second kappa shape index (κ2) is 3.96. The minimum Gasteiger partial charge on any atom is -0.309 e. The summed E-state index contributed by atoms with van der Waals surface area (Å²) in [5, 5.41) is 4.63. The van der Waals surface area contributed by atoms with Gasteiger partial charge in [-0.15, -0.1) is 0 Å². The Labute approximate surface area is 101 Å². The van der Waals surface area contributed by atoms with Gasteiger partial charge < -0.3 is 5.32 Å². The third-order valence-corrected chi connectivity index (χ3v) is 4.91. The summed E-state index contributed by atoms with van der Waals surface area (Å²) in [7, 11) is -2.94. The Hall–Kier alpha value is -1.13. The van der Waals surface area contributed by atoms with E-state index in [1.807, 2.05) is 0 Å². The van der Waals surface area contributed by atoms with E-state index in [1.54, 1.807) is 6.08 Å². The van der Waals surface area contributed by atoms with Crippen molar-refractivity contribution in [2.24, 2.45) is 0 Å². The second-order valence-corrected chi connectivity index (χ2v) is 6.70. The molecule has 0 fully saturated rings. The molecule has 1 N–H and O–H groups in total. The van der Waals surface area contributed by atoms with Gasteiger partial charge in [0.1, 0.15) is 0 Å². The van der Waals surface area contributed by atoms with Crippen LogP contribution >= 0.6 is 0 Å². The zero-order valence-corrected chi connectivity index (χ0v) is 10.3. The smallest absolute Gasteiger partial charge is 0.173 e. The molecular formula is C13H15NO2S. The normalized spacial score (nSPS) is 28.7. The zero-order valence-electron chi connectivity index (χ0n) is 9.46. The molecule has 4 heteroatoms. The molecule has 0 bridgehead atoms. The van der Waals surface area contributed by atoms with E-state index in [2.05, 4.69) is 29.6 Å². The predicted molar refractivity (Wildman–Crippen MR) is 67.6 cm³/mol. The Morgan fingerprint density at radius 1 is 1.29 bits per heavy atom. The Kier molecular flexibility index (Phi) is 2.56. The van der Waals surface area contributed by atoms with Gasteiger partial charge in [0, 0.05) is 23.9 Å². The van der Waals surface area contributed by atoms with Crippen molar-refractivity contribution in [3.63, 3.8) is 0 Å². The maximum absolute atomic E-state index is 11.2. The lowest BCUT2D eigenvalue weighted by atomic mass is 9.77. The maximum Gasteiger partial charge on any atom is 0.173 e. The first-order valence-electron chi connectivity index (χ1n) is 5.86. The van der Waals surface area contributed by atoms with Crippen LogP contribution in [0.1, 0.15) is 17.0 Å². The van der Waals surface area contributed by atoms with E-state index in [-0.39, 0.29) is 11.8 Å². The van der Waals surface area contributed by atoms with Gasteiger partial charge in [-0.05, 0) is 17.5 Å². The van der Waals surface area contributed by atoms with Crippen LogP contribution in [0.5, 0.6) is 0 Å². The Bertz CT molecular complexity index is 563. The highest BCUT2D eigenvalue weighted by Crippen LogP contribution is 2.34. The number of hydrogen-bond acceptors (Lipinski definition) is 3. The van der Waals surface area contributed by atoms with Gasteiger partial charge in [0.15, 0.2) is 9.84 Å². The minimum absolute atomic E-state index is 0.00670. The summed E-state index contributed by atoms with van der Waals surface area (Å²) in [5.74, 6) is 0.754. The van der Waals surface area contributed by atoms with E-state index in [0.29, 0.717) is 5.92 Å². The quantitative estimate of drug-likeness (QED) is 0.876. The van der Waals surface area contributed by atoms with Crippen LogP contribution in [-0.4, -0.2) is 26.8 Å². The molecule has 2 atom stereocenters. The van der Waals surface area contributed by atoms with Crippen LogP contribution in [0.3, 0.4) is 0 Å². The monoisotopic (exact) mass is 249 g/mol. The molecule has 0 saturated heterocycles. The van der Waals surface area contributed by atoms with E-state index < -0.39 is 9.84 Å². The molecule has 0 aromatic heterocycles. The lowest BCUT2D eigenvalue weighted by molar-refractivity contribution is 0.516. The average molecular weight is 249 g/mol. The van der Waals surface area contributed by atoms with Gasteiger partial charge in [-0.3, -0.25) is 0 Å². The summed E-state index contributed by atoms with van der Waals surface area (Å²) in [6.45, 7) is 0.863. The van der Waals surface area contributed by atoms with E-state index >= 15 is 0 Å². The summed E-state index contributed by atoms with van der Waals surface area (Å²) < 4.78 is 22.5. The number of hydrogen-bond donors (Lipinski definition) is 1. The molecular weight excluding hydrogens is 234 g/mol. The molecule has 17 heavy (non-hydrogen) atoms. The molecule has 1 aromatic carbocycles. The third kappa shape index (κ3) is 2.15. The Morgan fingerprint density at radius 2 is 2.12 bits per heavy atom. The van der Waals surface area contributed by atoms with Crippen molar-refractivity contribution in [2.75, 3.05) is 12.3 Å². The Morgan fingerprint density at radius 3 is 2.82 bits per heavy atom. The molecule has 90 valence electrons. The Balaban J connectivity index is 1.57. The molecule has 3 nitrogen and oxygen atoms in total. The van der Waals surface area contributed by atoms with Crippen LogP contribution in [0.4, 0.5) is 0 Å². The molecule has 0 radical (unpaired) electrons. The number of fused-ring (bicyclic) bond motifs is 1. The molecule has 1 aliphatic carbocycles. The lowest BCUT2D eigenvalue weighted by Gasteiger charge is -2.31. The molecule has 0 spiro atoms. The van der Waals surface area contributed by atoms with Gasteiger partial charge in [-0.2, -0.15) is 0 Å². The third-order valence-electron chi connectivity index (χ3n) is 3.52. The van der Waals surface area contributed by atoms with E-state index in [0.717, 1.165) is 13.0 Å². The van der Waals surface area contributed by atoms with Gasteiger partial charge >= 0.3 is 0 Å². The topological polar surface area (TPSA) is 46.2 Å². The number of benzene rings is 1. The van der Waals surface area contributed by atoms with Crippen molar-refractivity contribution >= 4 is 9.84 Å². The van der Waals surface area contributed by atoms with Crippen molar-refractivity contribution in [1.29, 1.82) is 0 Å².